The quantitative estimate of drug-likeness (QED) is 0.507. The van der Waals surface area contributed by atoms with Gasteiger partial charge in [-0.2, -0.15) is 0 Å². The van der Waals surface area contributed by atoms with E-state index in [0.717, 1.165) is 35.5 Å². The molecule has 0 heteroatoms. The van der Waals surface area contributed by atoms with Crippen LogP contribution < -0.4 is 0 Å². The molecule has 0 saturated heterocycles. The largest absolute Gasteiger partial charge is 0.0651 e. The summed E-state index contributed by atoms with van der Waals surface area (Å²) in [4.78, 5) is 0. The van der Waals surface area contributed by atoms with Crippen LogP contribution in [0.2, 0.25) is 0 Å². The van der Waals surface area contributed by atoms with Gasteiger partial charge in [0.15, 0.2) is 0 Å². The molecular weight excluding hydrogens is 240 g/mol. The molecule has 0 aromatic carbocycles. The zero-order chi connectivity index (χ0) is 14.5. The van der Waals surface area contributed by atoms with Crippen molar-refractivity contribution >= 4 is 0 Å². The molecule has 2 atom stereocenters. The Morgan fingerprint density at radius 1 is 0.800 bits per heavy atom. The van der Waals surface area contributed by atoms with Crippen LogP contribution >= 0.6 is 0 Å². The lowest BCUT2D eigenvalue weighted by atomic mass is 9.68. The molecule has 2 fully saturated rings. The van der Waals surface area contributed by atoms with Crippen LogP contribution in [0.4, 0.5) is 0 Å². The molecule has 0 aromatic rings. The molecule has 0 bridgehead atoms. The number of hydrogen-bond acceptors (Lipinski definition) is 0. The Labute approximate surface area is 128 Å². The molecule has 2 rings (SSSR count). The first-order valence-corrected chi connectivity index (χ1v) is 9.61. The summed E-state index contributed by atoms with van der Waals surface area (Å²) in [5.41, 5.74) is 0. The van der Waals surface area contributed by atoms with Crippen molar-refractivity contribution in [3.8, 4) is 0 Å². The van der Waals surface area contributed by atoms with Crippen LogP contribution in [0, 0.1) is 35.5 Å². The Balaban J connectivity index is 1.75. The monoisotopic (exact) mass is 278 g/mol. The van der Waals surface area contributed by atoms with Crippen molar-refractivity contribution in [1.82, 2.24) is 0 Å². The number of hydrogen-bond donors (Lipinski definition) is 0. The van der Waals surface area contributed by atoms with Gasteiger partial charge in [-0.05, 0) is 54.8 Å². The fraction of sp³-hybridized carbons (Fsp3) is 1.00. The van der Waals surface area contributed by atoms with Gasteiger partial charge >= 0.3 is 0 Å². The molecule has 20 heavy (non-hydrogen) atoms. The average Bonchev–Trinajstić information content (AvgIpc) is 2.92. The van der Waals surface area contributed by atoms with Gasteiger partial charge in [-0.1, -0.05) is 72.6 Å². The molecule has 0 amide bonds. The standard InChI is InChI=1S/C20H38/c1-5-20(15(2)3)16(4)19-12-10-18(11-13-19)14-17-8-6-7-9-17/h15-20H,5-14H2,1-4H3. The van der Waals surface area contributed by atoms with E-state index >= 15 is 0 Å². The molecule has 2 aliphatic rings. The Morgan fingerprint density at radius 3 is 1.85 bits per heavy atom. The van der Waals surface area contributed by atoms with Crippen molar-refractivity contribution in [2.45, 2.75) is 91.9 Å². The zero-order valence-electron chi connectivity index (χ0n) is 14.5. The molecule has 0 aliphatic heterocycles. The van der Waals surface area contributed by atoms with Crippen LogP contribution in [0.5, 0.6) is 0 Å². The third-order valence-electron chi connectivity index (χ3n) is 6.78. The molecule has 2 aliphatic carbocycles. The van der Waals surface area contributed by atoms with Gasteiger partial charge in [0, 0.05) is 0 Å². The molecular formula is C20H38. The highest BCUT2D eigenvalue weighted by Gasteiger charge is 2.31. The van der Waals surface area contributed by atoms with Gasteiger partial charge in [-0.25, -0.2) is 0 Å². The van der Waals surface area contributed by atoms with Crippen LogP contribution in [0.25, 0.3) is 0 Å². The molecule has 0 nitrogen and oxygen atoms in total. The Bertz CT molecular complexity index is 253. The SMILES string of the molecule is CCC(C(C)C)C(C)C1CCC(CC2CCCC2)CC1. The molecule has 2 unspecified atom stereocenters. The van der Waals surface area contributed by atoms with E-state index in [0.29, 0.717) is 0 Å². The lowest BCUT2D eigenvalue weighted by molar-refractivity contribution is 0.127. The van der Waals surface area contributed by atoms with E-state index in [1.807, 2.05) is 0 Å². The van der Waals surface area contributed by atoms with Crippen LogP contribution in [0.3, 0.4) is 0 Å². The topological polar surface area (TPSA) is 0 Å². The van der Waals surface area contributed by atoms with Gasteiger partial charge in [0.05, 0.1) is 0 Å². The van der Waals surface area contributed by atoms with E-state index in [2.05, 4.69) is 27.7 Å². The van der Waals surface area contributed by atoms with Crippen molar-refractivity contribution < 1.29 is 0 Å². The van der Waals surface area contributed by atoms with E-state index in [4.69, 9.17) is 0 Å². The van der Waals surface area contributed by atoms with Gasteiger partial charge in [-0.15, -0.1) is 0 Å². The Morgan fingerprint density at radius 2 is 1.35 bits per heavy atom. The summed E-state index contributed by atoms with van der Waals surface area (Å²) in [5, 5.41) is 0. The van der Waals surface area contributed by atoms with E-state index in [-0.39, 0.29) is 0 Å². The van der Waals surface area contributed by atoms with Crippen molar-refractivity contribution in [3.63, 3.8) is 0 Å². The first-order valence-electron chi connectivity index (χ1n) is 9.61. The third kappa shape index (κ3) is 4.25. The minimum absolute atomic E-state index is 0.867. The van der Waals surface area contributed by atoms with E-state index in [1.165, 1.54) is 32.1 Å². The highest BCUT2D eigenvalue weighted by Crippen LogP contribution is 2.42. The summed E-state index contributed by atoms with van der Waals surface area (Å²) in [6, 6.07) is 0. The fourth-order valence-electron chi connectivity index (χ4n) is 5.47. The third-order valence-corrected chi connectivity index (χ3v) is 6.78. The molecule has 118 valence electrons. The Hall–Kier alpha value is 0. The highest BCUT2D eigenvalue weighted by molar-refractivity contribution is 4.82. The molecule has 2 saturated carbocycles. The normalized spacial score (nSPS) is 31.6. The van der Waals surface area contributed by atoms with E-state index < -0.39 is 0 Å². The van der Waals surface area contributed by atoms with Crippen molar-refractivity contribution in [2.75, 3.05) is 0 Å². The lowest BCUT2D eigenvalue weighted by Crippen LogP contribution is -2.28. The smallest absolute Gasteiger partial charge is 0.0365 e. The van der Waals surface area contributed by atoms with Crippen LogP contribution in [0.15, 0.2) is 0 Å². The minimum atomic E-state index is 0.867. The zero-order valence-corrected chi connectivity index (χ0v) is 14.5. The molecule has 0 aromatic heterocycles. The predicted molar refractivity (Wildman–Crippen MR) is 89.8 cm³/mol. The predicted octanol–water partition coefficient (Wildman–Crippen LogP) is 6.69. The number of rotatable bonds is 6. The summed E-state index contributed by atoms with van der Waals surface area (Å²) in [5.74, 6) is 5.99. The van der Waals surface area contributed by atoms with Crippen LogP contribution in [-0.4, -0.2) is 0 Å². The molecule has 0 spiro atoms. The summed E-state index contributed by atoms with van der Waals surface area (Å²) >= 11 is 0. The maximum Gasteiger partial charge on any atom is -0.0365 e. The summed E-state index contributed by atoms with van der Waals surface area (Å²) in [7, 11) is 0. The first-order chi connectivity index (χ1) is 9.61. The van der Waals surface area contributed by atoms with Gasteiger partial charge in [-0.3, -0.25) is 0 Å². The Kier molecular flexibility index (Phi) is 6.43. The van der Waals surface area contributed by atoms with Crippen molar-refractivity contribution in [1.29, 1.82) is 0 Å². The molecule has 0 heterocycles. The van der Waals surface area contributed by atoms with E-state index in [1.54, 1.807) is 32.1 Å². The molecule has 0 radical (unpaired) electrons. The highest BCUT2D eigenvalue weighted by atomic mass is 14.4. The van der Waals surface area contributed by atoms with Crippen LogP contribution in [0.1, 0.15) is 91.9 Å². The van der Waals surface area contributed by atoms with E-state index in [9.17, 15) is 0 Å². The van der Waals surface area contributed by atoms with Crippen LogP contribution in [-0.2, 0) is 0 Å². The lowest BCUT2D eigenvalue weighted by Gasteiger charge is -2.38. The van der Waals surface area contributed by atoms with Gasteiger partial charge in [0.2, 0.25) is 0 Å². The second-order valence-electron chi connectivity index (χ2n) is 8.34. The second kappa shape index (κ2) is 7.85. The summed E-state index contributed by atoms with van der Waals surface area (Å²) in [6.45, 7) is 9.80. The van der Waals surface area contributed by atoms with Gasteiger partial charge < -0.3 is 0 Å². The maximum absolute atomic E-state index is 2.55. The average molecular weight is 279 g/mol. The van der Waals surface area contributed by atoms with Gasteiger partial charge in [0.1, 0.15) is 0 Å². The first kappa shape index (κ1) is 16.4. The van der Waals surface area contributed by atoms with Crippen molar-refractivity contribution in [2.24, 2.45) is 35.5 Å². The summed E-state index contributed by atoms with van der Waals surface area (Å²) in [6.07, 6.45) is 15.2. The van der Waals surface area contributed by atoms with Crippen molar-refractivity contribution in [3.05, 3.63) is 0 Å². The second-order valence-corrected chi connectivity index (χ2v) is 8.34. The van der Waals surface area contributed by atoms with Gasteiger partial charge in [0.25, 0.3) is 0 Å². The fourth-order valence-corrected chi connectivity index (χ4v) is 5.47. The maximum atomic E-state index is 2.55. The minimum Gasteiger partial charge on any atom is -0.0651 e. The summed E-state index contributed by atoms with van der Waals surface area (Å²) < 4.78 is 0. The molecule has 0 N–H and O–H groups in total.